The second-order valence-electron chi connectivity index (χ2n) is 9.85. The predicted octanol–water partition coefficient (Wildman–Crippen LogP) is -2.69. The third-order valence-corrected chi connectivity index (χ3v) is 6.64. The summed E-state index contributed by atoms with van der Waals surface area (Å²) in [7, 11) is 0. The molecule has 1 aliphatic heterocycles. The van der Waals surface area contributed by atoms with Gasteiger partial charge in [0.1, 0.15) is 35.7 Å². The normalized spacial score (nSPS) is 18.8. The summed E-state index contributed by atoms with van der Waals surface area (Å²) >= 11 is 0. The number of carbonyl (C=O) groups is 3. The van der Waals surface area contributed by atoms with Gasteiger partial charge in [0.2, 0.25) is 17.5 Å². The van der Waals surface area contributed by atoms with Crippen molar-refractivity contribution >= 4 is 23.5 Å². The topological polar surface area (TPSA) is 208 Å². The Labute approximate surface area is 287 Å². The number of para-hydroxylation sites is 1. The molecule has 2 amide bonds. The van der Waals surface area contributed by atoms with Gasteiger partial charge < -0.3 is 45.3 Å². The number of ether oxygens (including phenoxy) is 2. The van der Waals surface area contributed by atoms with E-state index in [1.54, 1.807) is 0 Å². The number of amides is 2. The molecule has 14 nitrogen and oxygen atoms in total. The van der Waals surface area contributed by atoms with E-state index in [1.807, 2.05) is 0 Å². The summed E-state index contributed by atoms with van der Waals surface area (Å²) in [6, 6.07) is 2.73. The Kier molecular flexibility index (Phi) is 12.2. The summed E-state index contributed by atoms with van der Waals surface area (Å²) in [6.07, 6.45) is -8.98. The van der Waals surface area contributed by atoms with Crippen molar-refractivity contribution in [3.05, 3.63) is 71.4 Å². The van der Waals surface area contributed by atoms with Gasteiger partial charge in [0.25, 0.3) is 5.91 Å². The molecule has 4 rings (SSSR count). The molecule has 5 N–H and O–H groups in total. The van der Waals surface area contributed by atoms with Crippen LogP contribution in [0.3, 0.4) is 0 Å². The zero-order chi connectivity index (χ0) is 34.8. The molecule has 0 aliphatic carbocycles. The van der Waals surface area contributed by atoms with Crippen molar-refractivity contribution in [2.75, 3.05) is 11.9 Å². The van der Waals surface area contributed by atoms with Crippen LogP contribution in [0.15, 0.2) is 48.4 Å². The smallest absolute Gasteiger partial charge is 0.542 e. The molecule has 21 heteroatoms. The molecule has 48 heavy (non-hydrogen) atoms. The van der Waals surface area contributed by atoms with Gasteiger partial charge in [0, 0.05) is 12.5 Å². The number of hydrogen-bond acceptors (Lipinski definition) is 11. The molecule has 0 unspecified atom stereocenters. The van der Waals surface area contributed by atoms with E-state index < -0.39 is 95.7 Å². The second-order valence-corrected chi connectivity index (χ2v) is 9.85. The van der Waals surface area contributed by atoms with Gasteiger partial charge in [-0.05, 0) is 18.2 Å². The number of carboxylic acid groups (broad SMARTS) is 1. The molecule has 0 saturated heterocycles. The number of carboxylic acids is 1. The number of aromatic nitrogens is 3. The van der Waals surface area contributed by atoms with Crippen LogP contribution < -0.4 is 50.0 Å². The van der Waals surface area contributed by atoms with Crippen LogP contribution in [0.4, 0.5) is 32.0 Å². The number of nitrogens with zero attached hydrogens (tertiary/aromatic N) is 3. The van der Waals surface area contributed by atoms with Crippen LogP contribution in [-0.4, -0.2) is 85.4 Å². The molecule has 3 aromatic rings. The SMILES string of the molecule is CC(=O)N[C@H]1[C@H]([C@H](O)[C@H](O)CO)OC(C(=O)[O-])=C[C@@H]1n1cc(-c2ccccc2NC(=O)c2cc(F)c(F)c(OC(F)(F)F)c2F)nn1.[Na+]. The van der Waals surface area contributed by atoms with Gasteiger partial charge in [-0.15, -0.1) is 18.3 Å². The van der Waals surface area contributed by atoms with Crippen molar-refractivity contribution in [2.45, 2.75) is 43.7 Å². The van der Waals surface area contributed by atoms with Gasteiger partial charge in [0.05, 0.1) is 36.1 Å². The Bertz CT molecular complexity index is 1720. The van der Waals surface area contributed by atoms with E-state index in [0.717, 1.165) is 17.7 Å². The summed E-state index contributed by atoms with van der Waals surface area (Å²) in [5.41, 5.74) is -1.61. The minimum atomic E-state index is -5.63. The van der Waals surface area contributed by atoms with Gasteiger partial charge in [-0.25, -0.2) is 13.5 Å². The first-order valence-electron chi connectivity index (χ1n) is 13.1. The Morgan fingerprint density at radius 2 is 1.81 bits per heavy atom. The van der Waals surface area contributed by atoms with Crippen molar-refractivity contribution in [1.82, 2.24) is 20.3 Å². The first kappa shape index (κ1) is 38.2. The summed E-state index contributed by atoms with van der Waals surface area (Å²) < 4.78 is 90.1. The van der Waals surface area contributed by atoms with Crippen molar-refractivity contribution in [3.8, 4) is 17.0 Å². The number of aliphatic hydroxyl groups excluding tert-OH is 3. The van der Waals surface area contributed by atoms with Gasteiger partial charge in [-0.2, -0.15) is 4.39 Å². The number of anilines is 1. The maximum absolute atomic E-state index is 14.7. The Morgan fingerprint density at radius 3 is 2.42 bits per heavy atom. The van der Waals surface area contributed by atoms with Gasteiger partial charge in [0.15, 0.2) is 11.6 Å². The standard InChI is InChI=1S/C27H23F6N5O9.Na/c1-10(40)34-21-16(7-18(26(44)45)46-24(21)22(42)17(41)9-39)38-8-15(36-37-38)11-4-2-3-5-14(11)35-25(43)12-6-13(28)20(30)23(19(12)29)47-27(31,32)33;/h2-8,16-17,21-22,24,39,41-42H,9H2,1H3,(H,34,40)(H,35,43)(H,44,45);/q;+1/p-1/t16-,17+,21+,22+,24+;/m0./s1. The van der Waals surface area contributed by atoms with Crippen LogP contribution in [-0.2, 0) is 14.3 Å². The Balaban J connectivity index is 0.00000625. The van der Waals surface area contributed by atoms with Crippen LogP contribution in [0.25, 0.3) is 11.3 Å². The largest absolute Gasteiger partial charge is 1.00 e. The maximum atomic E-state index is 14.7. The van der Waals surface area contributed by atoms with E-state index in [4.69, 9.17) is 4.74 Å². The molecule has 0 bridgehead atoms. The van der Waals surface area contributed by atoms with E-state index in [0.29, 0.717) is 0 Å². The van der Waals surface area contributed by atoms with Crippen molar-refractivity contribution in [2.24, 2.45) is 0 Å². The van der Waals surface area contributed by atoms with Crippen molar-refractivity contribution in [1.29, 1.82) is 0 Å². The Hall–Kier alpha value is -4.21. The molecule has 0 saturated carbocycles. The Morgan fingerprint density at radius 1 is 1.15 bits per heavy atom. The molecule has 252 valence electrons. The number of alkyl halides is 3. The second kappa shape index (κ2) is 15.3. The van der Waals surface area contributed by atoms with E-state index in [-0.39, 0.29) is 52.6 Å². The fourth-order valence-electron chi connectivity index (χ4n) is 4.58. The summed E-state index contributed by atoms with van der Waals surface area (Å²) in [6.45, 7) is 0.116. The number of rotatable bonds is 10. The van der Waals surface area contributed by atoms with Gasteiger partial charge in [-0.1, -0.05) is 23.4 Å². The average molecular weight is 697 g/mol. The molecule has 0 spiro atoms. The van der Waals surface area contributed by atoms with Crippen molar-refractivity contribution < 1.29 is 100 Å². The zero-order valence-corrected chi connectivity index (χ0v) is 26.5. The first-order chi connectivity index (χ1) is 22.0. The first-order valence-corrected chi connectivity index (χ1v) is 13.1. The van der Waals surface area contributed by atoms with E-state index >= 15 is 0 Å². The maximum Gasteiger partial charge on any atom is 1.00 e. The minimum absolute atomic E-state index is 0. The summed E-state index contributed by atoms with van der Waals surface area (Å²) in [5.74, 6) is -13.6. The summed E-state index contributed by atoms with van der Waals surface area (Å²) in [5, 5.41) is 54.0. The quantitative estimate of drug-likeness (QED) is 0.0838. The van der Waals surface area contributed by atoms with Crippen LogP contribution in [0.2, 0.25) is 0 Å². The number of aliphatic carboxylic acids is 1. The molecule has 1 aliphatic rings. The molecule has 2 heterocycles. The van der Waals surface area contributed by atoms with Crippen molar-refractivity contribution in [3.63, 3.8) is 0 Å². The monoisotopic (exact) mass is 697 g/mol. The number of benzene rings is 2. The van der Waals surface area contributed by atoms with E-state index in [2.05, 4.69) is 25.7 Å². The van der Waals surface area contributed by atoms with Crippen LogP contribution in [0.5, 0.6) is 5.75 Å². The van der Waals surface area contributed by atoms with Crippen LogP contribution in [0.1, 0.15) is 23.3 Å². The van der Waals surface area contributed by atoms with E-state index in [9.17, 15) is 61.2 Å². The van der Waals surface area contributed by atoms with Crippen LogP contribution >= 0.6 is 0 Å². The molecule has 0 radical (unpaired) electrons. The van der Waals surface area contributed by atoms with E-state index in [1.165, 1.54) is 30.5 Å². The molecule has 1 aromatic heterocycles. The van der Waals surface area contributed by atoms with Gasteiger partial charge in [-0.3, -0.25) is 9.59 Å². The number of hydrogen-bond donors (Lipinski definition) is 5. The zero-order valence-electron chi connectivity index (χ0n) is 24.5. The number of nitrogens with one attached hydrogen (secondary N) is 2. The molecule has 5 atom stereocenters. The van der Waals surface area contributed by atoms with Gasteiger partial charge >= 0.3 is 35.9 Å². The number of carbonyl (C=O) groups excluding carboxylic acids is 3. The third kappa shape index (κ3) is 8.44. The molecule has 0 fully saturated rings. The average Bonchev–Trinajstić information content (AvgIpc) is 3.49. The number of aliphatic hydroxyl groups is 3. The third-order valence-electron chi connectivity index (χ3n) is 6.64. The molecular weight excluding hydrogens is 675 g/mol. The minimum Gasteiger partial charge on any atom is -0.542 e. The predicted molar refractivity (Wildman–Crippen MR) is 140 cm³/mol. The fourth-order valence-corrected chi connectivity index (χ4v) is 4.58. The fraction of sp³-hybridized carbons (Fsp3) is 0.296. The van der Waals surface area contributed by atoms with Crippen LogP contribution in [0, 0.1) is 17.5 Å². The molecule has 2 aromatic carbocycles. The molecular formula is C27H22F6N5NaO9. The summed E-state index contributed by atoms with van der Waals surface area (Å²) in [4.78, 5) is 36.6. The number of halogens is 6.